The first-order valence-corrected chi connectivity index (χ1v) is 11.6. The van der Waals surface area contributed by atoms with Gasteiger partial charge in [0.1, 0.15) is 18.1 Å². The third-order valence-electron chi connectivity index (χ3n) is 5.37. The molecule has 4 unspecified atom stereocenters. The molecule has 36 heavy (non-hydrogen) atoms. The highest BCUT2D eigenvalue weighted by Gasteiger charge is 2.30. The summed E-state index contributed by atoms with van der Waals surface area (Å²) in [5, 5.41) is 26.9. The minimum atomic E-state index is -1.45. The fourth-order valence-electron chi connectivity index (χ4n) is 3.38. The van der Waals surface area contributed by atoms with Gasteiger partial charge >= 0.3 is 5.97 Å². The van der Waals surface area contributed by atoms with Crippen LogP contribution in [0.2, 0.25) is 0 Å². The zero-order valence-corrected chi connectivity index (χ0v) is 20.2. The Morgan fingerprint density at radius 1 is 0.972 bits per heavy atom. The zero-order valence-electron chi connectivity index (χ0n) is 19.3. The molecule has 2 rings (SSSR count). The number of thiol groups is 1. The van der Waals surface area contributed by atoms with E-state index in [2.05, 4.69) is 33.6 Å². The number of aliphatic hydroxyl groups is 1. The largest absolute Gasteiger partial charge is 0.480 e. The Kier molecular flexibility index (Phi) is 10.7. The number of para-hydroxylation sites is 1. The zero-order chi connectivity index (χ0) is 26.8. The molecule has 0 aliphatic heterocycles. The molecular formula is C22H30N6O7S. The molecule has 4 amide bonds. The summed E-state index contributed by atoms with van der Waals surface area (Å²) >= 11 is 3.89. The van der Waals surface area contributed by atoms with Crippen LogP contribution >= 0.6 is 12.6 Å². The van der Waals surface area contributed by atoms with Gasteiger partial charge < -0.3 is 42.6 Å². The van der Waals surface area contributed by atoms with Crippen LogP contribution in [0, 0.1) is 0 Å². The molecule has 1 heterocycles. The summed E-state index contributed by atoms with van der Waals surface area (Å²) in [7, 11) is 0. The maximum Gasteiger partial charge on any atom is 0.326 e. The lowest BCUT2D eigenvalue weighted by atomic mass is 10.0. The summed E-state index contributed by atoms with van der Waals surface area (Å²) in [6.07, 6.45) is 1.05. The first kappa shape index (κ1) is 28.6. The number of carbonyl (C=O) groups is 5. The van der Waals surface area contributed by atoms with E-state index in [0.717, 1.165) is 10.9 Å². The molecule has 13 nitrogen and oxygen atoms in total. The highest BCUT2D eigenvalue weighted by Crippen LogP contribution is 2.19. The van der Waals surface area contributed by atoms with E-state index < -0.39 is 60.4 Å². The number of nitrogens with one attached hydrogen (secondary N) is 4. The topological polar surface area (TPSA) is 230 Å². The van der Waals surface area contributed by atoms with Crippen molar-refractivity contribution in [3.8, 4) is 0 Å². The number of carboxylic acids is 1. The summed E-state index contributed by atoms with van der Waals surface area (Å²) < 4.78 is 0. The molecule has 0 saturated carbocycles. The summed E-state index contributed by atoms with van der Waals surface area (Å²) in [6, 6.07) is 2.02. The number of amides is 4. The van der Waals surface area contributed by atoms with Crippen molar-refractivity contribution in [1.29, 1.82) is 0 Å². The van der Waals surface area contributed by atoms with Crippen LogP contribution in [0.15, 0.2) is 30.5 Å². The van der Waals surface area contributed by atoms with Gasteiger partial charge in [-0.15, -0.1) is 0 Å². The second kappa shape index (κ2) is 13.5. The number of aromatic amines is 1. The summed E-state index contributed by atoms with van der Waals surface area (Å²) in [5.74, 6) is -4.64. The number of hydrogen-bond acceptors (Lipinski definition) is 8. The van der Waals surface area contributed by atoms with Crippen LogP contribution in [0.3, 0.4) is 0 Å². The lowest BCUT2D eigenvalue weighted by molar-refractivity contribution is -0.142. The number of H-pyrrole nitrogens is 1. The molecule has 0 bridgehead atoms. The summed E-state index contributed by atoms with van der Waals surface area (Å²) in [5.41, 5.74) is 12.2. The number of aliphatic carboxylic acids is 1. The predicted molar refractivity (Wildman–Crippen MR) is 133 cm³/mol. The number of nitrogens with two attached hydrogens (primary N) is 2. The quantitative estimate of drug-likeness (QED) is 0.123. The SMILES string of the molecule is NC(=O)CCC(NC(=O)C(CO)NC(=O)C(N)CS)C(=O)NC(Cc1c[nH]c2ccccc12)C(=O)O. The molecule has 0 aliphatic carbocycles. The molecule has 196 valence electrons. The Labute approximate surface area is 211 Å². The summed E-state index contributed by atoms with van der Waals surface area (Å²) in [6.45, 7) is -0.806. The average molecular weight is 523 g/mol. The number of aromatic nitrogens is 1. The predicted octanol–water partition coefficient (Wildman–Crippen LogP) is -2.24. The normalized spacial score (nSPS) is 14.3. The Balaban J connectivity index is 2.15. The number of primary amides is 1. The van der Waals surface area contributed by atoms with Crippen molar-refractivity contribution in [2.75, 3.05) is 12.4 Å². The Hall–Kier alpha value is -3.62. The number of fused-ring (bicyclic) bond motifs is 1. The molecule has 0 radical (unpaired) electrons. The number of carboxylic acid groups (broad SMARTS) is 1. The van der Waals surface area contributed by atoms with Gasteiger partial charge in [-0.3, -0.25) is 19.2 Å². The van der Waals surface area contributed by atoms with E-state index in [1.54, 1.807) is 18.3 Å². The van der Waals surface area contributed by atoms with Gasteiger partial charge in [0.15, 0.2) is 0 Å². The van der Waals surface area contributed by atoms with Crippen LogP contribution < -0.4 is 27.4 Å². The number of rotatable bonds is 14. The monoisotopic (exact) mass is 522 g/mol. The van der Waals surface area contributed by atoms with Crippen LogP contribution in [0.1, 0.15) is 18.4 Å². The first-order chi connectivity index (χ1) is 17.1. The number of carbonyl (C=O) groups excluding carboxylic acids is 4. The molecule has 2 aromatic rings. The minimum absolute atomic E-state index is 0.0117. The molecule has 1 aromatic heterocycles. The highest BCUT2D eigenvalue weighted by atomic mass is 32.1. The fraction of sp³-hybridized carbons (Fsp3) is 0.409. The highest BCUT2D eigenvalue weighted by molar-refractivity contribution is 7.80. The minimum Gasteiger partial charge on any atom is -0.480 e. The van der Waals surface area contributed by atoms with Gasteiger partial charge in [-0.2, -0.15) is 12.6 Å². The Morgan fingerprint density at radius 2 is 1.58 bits per heavy atom. The lowest BCUT2D eigenvalue weighted by Gasteiger charge is -2.24. The Morgan fingerprint density at radius 3 is 2.19 bits per heavy atom. The molecule has 1 aromatic carbocycles. The van der Waals surface area contributed by atoms with E-state index in [1.807, 2.05) is 12.1 Å². The van der Waals surface area contributed by atoms with Crippen molar-refractivity contribution in [1.82, 2.24) is 20.9 Å². The van der Waals surface area contributed by atoms with Crippen molar-refractivity contribution >= 4 is 53.1 Å². The van der Waals surface area contributed by atoms with E-state index in [4.69, 9.17) is 11.5 Å². The van der Waals surface area contributed by atoms with Crippen LogP contribution in [-0.2, 0) is 30.4 Å². The van der Waals surface area contributed by atoms with Gasteiger partial charge in [0.05, 0.1) is 12.6 Å². The van der Waals surface area contributed by atoms with Gasteiger partial charge in [-0.1, -0.05) is 18.2 Å². The van der Waals surface area contributed by atoms with E-state index in [9.17, 15) is 34.2 Å². The van der Waals surface area contributed by atoms with Crippen LogP contribution in [0.4, 0.5) is 0 Å². The van der Waals surface area contributed by atoms with Gasteiger partial charge in [0.2, 0.25) is 23.6 Å². The van der Waals surface area contributed by atoms with Crippen molar-refractivity contribution in [3.05, 3.63) is 36.0 Å². The van der Waals surface area contributed by atoms with Gasteiger partial charge in [-0.25, -0.2) is 4.79 Å². The summed E-state index contributed by atoms with van der Waals surface area (Å²) in [4.78, 5) is 63.8. The molecular weight excluding hydrogens is 492 g/mol. The molecule has 0 aliphatic rings. The van der Waals surface area contributed by atoms with Crippen LogP contribution in [0.5, 0.6) is 0 Å². The van der Waals surface area contributed by atoms with Gasteiger partial charge in [0, 0.05) is 35.7 Å². The smallest absolute Gasteiger partial charge is 0.326 e. The molecule has 0 spiro atoms. The van der Waals surface area contributed by atoms with Crippen LogP contribution in [-0.4, -0.2) is 81.3 Å². The van der Waals surface area contributed by atoms with E-state index >= 15 is 0 Å². The second-order valence-electron chi connectivity index (χ2n) is 8.06. The standard InChI is InChI=1S/C22H30N6O7S/c23-13(10-36)19(31)28-17(9-29)21(33)26-15(5-6-18(24)30)20(32)27-16(22(34)35)7-11-8-25-14-4-2-1-3-12(11)14/h1-4,8,13,15-17,25,29,36H,5-7,9-10,23H2,(H2,24,30)(H,26,33)(H,27,32)(H,28,31)(H,34,35). The molecule has 14 heteroatoms. The molecule has 0 fully saturated rings. The number of benzene rings is 1. The maximum absolute atomic E-state index is 13.0. The third-order valence-corrected chi connectivity index (χ3v) is 5.77. The van der Waals surface area contributed by atoms with Crippen molar-refractivity contribution in [2.24, 2.45) is 11.5 Å². The maximum atomic E-state index is 13.0. The van der Waals surface area contributed by atoms with Gasteiger partial charge in [0.25, 0.3) is 0 Å². The number of aliphatic hydroxyl groups excluding tert-OH is 1. The van der Waals surface area contributed by atoms with Crippen LogP contribution in [0.25, 0.3) is 10.9 Å². The lowest BCUT2D eigenvalue weighted by Crippen LogP contribution is -2.58. The fourth-order valence-corrected chi connectivity index (χ4v) is 3.54. The van der Waals surface area contributed by atoms with Gasteiger partial charge in [-0.05, 0) is 18.1 Å². The van der Waals surface area contributed by atoms with Crippen molar-refractivity contribution < 1.29 is 34.2 Å². The Bertz CT molecular complexity index is 1110. The number of hydrogen-bond donors (Lipinski definition) is 9. The molecule has 0 saturated heterocycles. The average Bonchev–Trinajstić information content (AvgIpc) is 3.26. The van der Waals surface area contributed by atoms with E-state index in [-0.39, 0.29) is 25.0 Å². The molecule has 4 atom stereocenters. The molecule has 10 N–H and O–H groups in total. The third kappa shape index (κ3) is 7.96. The van der Waals surface area contributed by atoms with E-state index in [1.165, 1.54) is 0 Å². The van der Waals surface area contributed by atoms with E-state index in [0.29, 0.717) is 5.56 Å². The second-order valence-corrected chi connectivity index (χ2v) is 8.43. The van der Waals surface area contributed by atoms with Crippen molar-refractivity contribution in [3.63, 3.8) is 0 Å². The first-order valence-electron chi connectivity index (χ1n) is 11.0. The van der Waals surface area contributed by atoms with Crippen molar-refractivity contribution in [2.45, 2.75) is 43.4 Å².